The van der Waals surface area contributed by atoms with Crippen molar-refractivity contribution in [2.45, 2.75) is 32.6 Å². The molecule has 4 heterocycles. The second kappa shape index (κ2) is 6.09. The molecule has 0 atom stereocenters. The van der Waals surface area contributed by atoms with Gasteiger partial charge in [-0.1, -0.05) is 0 Å². The number of likely N-dealkylation sites (tertiary alicyclic amines) is 1. The maximum atomic E-state index is 12.6. The van der Waals surface area contributed by atoms with Crippen molar-refractivity contribution in [1.29, 1.82) is 0 Å². The Morgan fingerprint density at radius 1 is 1.38 bits per heavy atom. The van der Waals surface area contributed by atoms with E-state index < -0.39 is 0 Å². The van der Waals surface area contributed by atoms with Crippen LogP contribution in [0.4, 0.5) is 0 Å². The van der Waals surface area contributed by atoms with Crippen molar-refractivity contribution in [2.24, 2.45) is 5.41 Å². The van der Waals surface area contributed by atoms with Crippen LogP contribution < -0.4 is 5.32 Å². The van der Waals surface area contributed by atoms with Crippen molar-refractivity contribution in [3.63, 3.8) is 0 Å². The number of furan rings is 1. The number of oxazole rings is 1. The first kappa shape index (κ1) is 15.4. The first-order valence-corrected chi connectivity index (χ1v) is 8.64. The molecule has 2 aliphatic heterocycles. The van der Waals surface area contributed by atoms with Crippen LogP contribution in [0.25, 0.3) is 11.7 Å². The van der Waals surface area contributed by atoms with Gasteiger partial charge >= 0.3 is 0 Å². The predicted molar refractivity (Wildman–Crippen MR) is 88.4 cm³/mol. The first-order chi connectivity index (χ1) is 11.7. The zero-order chi connectivity index (χ0) is 16.6. The van der Waals surface area contributed by atoms with Crippen LogP contribution in [0.3, 0.4) is 0 Å². The third-order valence-corrected chi connectivity index (χ3v) is 5.45. The second-order valence-corrected chi connectivity index (χ2v) is 6.98. The maximum absolute atomic E-state index is 12.6. The fraction of sp³-hybridized carbons (Fsp3) is 0.556. The first-order valence-electron chi connectivity index (χ1n) is 8.64. The van der Waals surface area contributed by atoms with Gasteiger partial charge in [0.2, 0.25) is 5.91 Å². The molecular formula is C18H23N3O3. The van der Waals surface area contributed by atoms with Crippen molar-refractivity contribution >= 4 is 5.91 Å². The van der Waals surface area contributed by atoms with Crippen LogP contribution in [0.15, 0.2) is 27.2 Å². The number of nitrogens with zero attached hydrogens (tertiary/aromatic N) is 2. The van der Waals surface area contributed by atoms with Crippen LogP contribution in [0.2, 0.25) is 0 Å². The van der Waals surface area contributed by atoms with Gasteiger partial charge in [-0.25, -0.2) is 4.98 Å². The van der Waals surface area contributed by atoms with Crippen molar-refractivity contribution in [3.8, 4) is 11.7 Å². The summed E-state index contributed by atoms with van der Waals surface area (Å²) in [6.45, 7) is 5.76. The molecule has 24 heavy (non-hydrogen) atoms. The Morgan fingerprint density at radius 3 is 2.88 bits per heavy atom. The van der Waals surface area contributed by atoms with Gasteiger partial charge in [0.1, 0.15) is 5.76 Å². The summed E-state index contributed by atoms with van der Waals surface area (Å²) in [4.78, 5) is 19.0. The van der Waals surface area contributed by atoms with Crippen LogP contribution in [0.5, 0.6) is 0 Å². The molecule has 0 aromatic carbocycles. The van der Waals surface area contributed by atoms with E-state index in [1.54, 1.807) is 18.4 Å². The van der Waals surface area contributed by atoms with E-state index in [4.69, 9.17) is 8.83 Å². The number of carbonyl (C=O) groups excluding carboxylic acids is 1. The molecule has 0 unspecified atom stereocenters. The molecule has 2 aliphatic rings. The molecule has 1 N–H and O–H groups in total. The number of amides is 1. The highest BCUT2D eigenvalue weighted by molar-refractivity contribution is 5.78. The molecule has 2 fully saturated rings. The molecule has 0 aliphatic carbocycles. The maximum Gasteiger partial charge on any atom is 0.263 e. The Morgan fingerprint density at radius 2 is 2.21 bits per heavy atom. The minimum Gasteiger partial charge on any atom is -0.459 e. The molecule has 6 nitrogen and oxygen atoms in total. The molecule has 1 spiro atoms. The standard InChI is InChI=1S/C18H23N3O3/c1-13-14(20-17(24-13)15-3-2-10-23-15)11-16(22)21-8-5-18(6-9-21)4-7-19-12-18/h2-3,10,19H,4-9,11-12H2,1H3. The van der Waals surface area contributed by atoms with E-state index >= 15 is 0 Å². The smallest absolute Gasteiger partial charge is 0.263 e. The lowest BCUT2D eigenvalue weighted by Gasteiger charge is -2.38. The van der Waals surface area contributed by atoms with Gasteiger partial charge in [0, 0.05) is 19.6 Å². The van der Waals surface area contributed by atoms with E-state index in [-0.39, 0.29) is 5.91 Å². The normalized spacial score (nSPS) is 20.0. The number of rotatable bonds is 3. The summed E-state index contributed by atoms with van der Waals surface area (Å²) in [7, 11) is 0. The number of aryl methyl sites for hydroxylation is 1. The highest BCUT2D eigenvalue weighted by atomic mass is 16.4. The third kappa shape index (κ3) is 2.86. The fourth-order valence-corrected chi connectivity index (χ4v) is 3.81. The Kier molecular flexibility index (Phi) is 3.92. The number of hydrogen-bond donors (Lipinski definition) is 1. The van der Waals surface area contributed by atoms with Crippen molar-refractivity contribution in [2.75, 3.05) is 26.2 Å². The zero-order valence-electron chi connectivity index (χ0n) is 14.0. The Labute approximate surface area is 141 Å². The molecule has 0 bridgehead atoms. The molecule has 6 heteroatoms. The van der Waals surface area contributed by atoms with Gasteiger partial charge < -0.3 is 19.1 Å². The van der Waals surface area contributed by atoms with Crippen molar-refractivity contribution in [3.05, 3.63) is 29.9 Å². The van der Waals surface area contributed by atoms with Crippen molar-refractivity contribution in [1.82, 2.24) is 15.2 Å². The van der Waals surface area contributed by atoms with Gasteiger partial charge in [-0.15, -0.1) is 0 Å². The van der Waals surface area contributed by atoms with Gasteiger partial charge in [-0.2, -0.15) is 0 Å². The summed E-state index contributed by atoms with van der Waals surface area (Å²) in [5, 5.41) is 3.46. The highest BCUT2D eigenvalue weighted by Crippen LogP contribution is 2.37. The lowest BCUT2D eigenvalue weighted by atomic mass is 9.78. The van der Waals surface area contributed by atoms with Gasteiger partial charge in [0.25, 0.3) is 5.89 Å². The lowest BCUT2D eigenvalue weighted by molar-refractivity contribution is -0.132. The van der Waals surface area contributed by atoms with Gasteiger partial charge in [-0.3, -0.25) is 4.79 Å². The minimum absolute atomic E-state index is 0.137. The minimum atomic E-state index is 0.137. The Balaban J connectivity index is 1.40. The van der Waals surface area contributed by atoms with Crippen LogP contribution in [0, 0.1) is 12.3 Å². The van der Waals surface area contributed by atoms with Gasteiger partial charge in [0.05, 0.1) is 18.4 Å². The van der Waals surface area contributed by atoms with E-state index in [1.165, 1.54) is 6.42 Å². The summed E-state index contributed by atoms with van der Waals surface area (Å²) in [6, 6.07) is 3.59. The molecule has 2 aromatic heterocycles. The largest absolute Gasteiger partial charge is 0.459 e. The molecule has 4 rings (SSSR count). The Bertz CT molecular complexity index is 704. The lowest BCUT2D eigenvalue weighted by Crippen LogP contribution is -2.44. The average Bonchev–Trinajstić information content (AvgIpc) is 3.31. The highest BCUT2D eigenvalue weighted by Gasteiger charge is 2.38. The average molecular weight is 329 g/mol. The van der Waals surface area contributed by atoms with E-state index in [2.05, 4.69) is 10.3 Å². The summed E-state index contributed by atoms with van der Waals surface area (Å²) in [5.74, 6) is 1.85. The molecule has 2 aromatic rings. The molecule has 2 saturated heterocycles. The summed E-state index contributed by atoms with van der Waals surface area (Å²) in [6.07, 6.45) is 5.31. The number of aromatic nitrogens is 1. The summed E-state index contributed by atoms with van der Waals surface area (Å²) in [5.41, 5.74) is 1.13. The monoisotopic (exact) mass is 329 g/mol. The number of hydrogen-bond acceptors (Lipinski definition) is 5. The van der Waals surface area contributed by atoms with E-state index in [9.17, 15) is 4.79 Å². The van der Waals surface area contributed by atoms with Gasteiger partial charge in [-0.05, 0) is 50.3 Å². The van der Waals surface area contributed by atoms with Gasteiger partial charge in [0.15, 0.2) is 5.76 Å². The van der Waals surface area contributed by atoms with Crippen molar-refractivity contribution < 1.29 is 13.6 Å². The SMILES string of the molecule is Cc1oc(-c2ccco2)nc1CC(=O)N1CCC2(CCNC2)CC1. The quantitative estimate of drug-likeness (QED) is 0.936. The van der Waals surface area contributed by atoms with E-state index in [0.29, 0.717) is 34.9 Å². The number of nitrogens with one attached hydrogen (secondary N) is 1. The number of carbonyl (C=O) groups is 1. The Hall–Kier alpha value is -2.08. The fourth-order valence-electron chi connectivity index (χ4n) is 3.81. The third-order valence-electron chi connectivity index (χ3n) is 5.45. The summed E-state index contributed by atoms with van der Waals surface area (Å²) >= 11 is 0. The summed E-state index contributed by atoms with van der Waals surface area (Å²) < 4.78 is 10.9. The predicted octanol–water partition coefficient (Wildman–Crippen LogP) is 2.39. The zero-order valence-corrected chi connectivity index (χ0v) is 14.0. The second-order valence-electron chi connectivity index (χ2n) is 6.98. The van der Waals surface area contributed by atoms with Crippen LogP contribution >= 0.6 is 0 Å². The van der Waals surface area contributed by atoms with E-state index in [0.717, 1.165) is 39.0 Å². The van der Waals surface area contributed by atoms with Crippen LogP contribution in [0.1, 0.15) is 30.7 Å². The van der Waals surface area contributed by atoms with E-state index in [1.807, 2.05) is 11.8 Å². The molecular weight excluding hydrogens is 306 g/mol. The van der Waals surface area contributed by atoms with Crippen LogP contribution in [-0.2, 0) is 11.2 Å². The van der Waals surface area contributed by atoms with Crippen LogP contribution in [-0.4, -0.2) is 42.0 Å². The number of piperidine rings is 1. The molecule has 1 amide bonds. The molecule has 0 radical (unpaired) electrons. The molecule has 128 valence electrons. The molecule has 0 saturated carbocycles. The topological polar surface area (TPSA) is 71.5 Å².